The number of thiazole rings is 1. The first-order valence-electron chi connectivity index (χ1n) is 6.55. The van der Waals surface area contributed by atoms with Crippen molar-refractivity contribution in [2.45, 2.75) is 25.2 Å². The lowest BCUT2D eigenvalue weighted by Gasteiger charge is -2.43. The van der Waals surface area contributed by atoms with Crippen LogP contribution in [0.25, 0.3) is 0 Å². The van der Waals surface area contributed by atoms with Crippen LogP contribution in [0.1, 0.15) is 22.6 Å². The molecule has 1 aromatic carbocycles. The van der Waals surface area contributed by atoms with Crippen LogP contribution in [0.5, 0.6) is 0 Å². The number of hydrogen-bond acceptors (Lipinski definition) is 3. The minimum atomic E-state index is 0.251. The summed E-state index contributed by atoms with van der Waals surface area (Å²) in [6, 6.07) is 8.31. The number of nitrogens with zero attached hydrogens (tertiary/aromatic N) is 1. The second-order valence-electron chi connectivity index (χ2n) is 5.26. The number of hydrogen-bond donors (Lipinski definition) is 1. The summed E-state index contributed by atoms with van der Waals surface area (Å²) in [7, 11) is 0. The second kappa shape index (κ2) is 5.23. The molecule has 0 saturated carbocycles. The summed E-state index contributed by atoms with van der Waals surface area (Å²) < 4.78 is 0. The second-order valence-corrected chi connectivity index (χ2v) is 6.63. The number of aryl methyl sites for hydroxylation is 2. The monoisotopic (exact) mass is 292 g/mol. The van der Waals surface area contributed by atoms with Crippen molar-refractivity contribution in [2.24, 2.45) is 0 Å². The number of halogens is 1. The van der Waals surface area contributed by atoms with E-state index in [9.17, 15) is 0 Å². The van der Waals surface area contributed by atoms with Crippen molar-refractivity contribution in [3.63, 3.8) is 0 Å². The summed E-state index contributed by atoms with van der Waals surface area (Å²) in [6.07, 6.45) is 2.26. The molecule has 2 heterocycles. The molecule has 0 radical (unpaired) electrons. The minimum absolute atomic E-state index is 0.251. The molecule has 0 aliphatic carbocycles. The van der Waals surface area contributed by atoms with Crippen molar-refractivity contribution in [1.29, 1.82) is 0 Å². The predicted molar refractivity (Wildman–Crippen MR) is 81.2 cm³/mol. The summed E-state index contributed by atoms with van der Waals surface area (Å²) in [5.74, 6) is 0. The van der Waals surface area contributed by atoms with Crippen LogP contribution in [0, 0.1) is 6.92 Å². The molecular weight excluding hydrogens is 276 g/mol. The molecule has 1 N–H and O–H groups in total. The van der Waals surface area contributed by atoms with Crippen molar-refractivity contribution in [3.8, 4) is 0 Å². The number of benzene rings is 1. The van der Waals surface area contributed by atoms with E-state index >= 15 is 0 Å². The minimum Gasteiger partial charge on any atom is -0.315 e. The fraction of sp³-hybridized carbons (Fsp3) is 0.400. The van der Waals surface area contributed by atoms with Crippen LogP contribution in [0.15, 0.2) is 29.8 Å². The highest BCUT2D eigenvalue weighted by Crippen LogP contribution is 2.35. The molecule has 3 rings (SSSR count). The Bertz CT molecular complexity index is 575. The molecule has 19 heavy (non-hydrogen) atoms. The molecule has 1 aromatic heterocycles. The molecule has 2 nitrogen and oxygen atoms in total. The van der Waals surface area contributed by atoms with E-state index in [0.717, 1.165) is 31.0 Å². The summed E-state index contributed by atoms with van der Waals surface area (Å²) >= 11 is 7.89. The Morgan fingerprint density at radius 1 is 1.42 bits per heavy atom. The van der Waals surface area contributed by atoms with Crippen LogP contribution in [0.2, 0.25) is 5.02 Å². The third-order valence-corrected chi connectivity index (χ3v) is 5.27. The summed E-state index contributed by atoms with van der Waals surface area (Å²) in [5.41, 5.74) is 4.73. The lowest BCUT2D eigenvalue weighted by Crippen LogP contribution is -2.57. The first kappa shape index (κ1) is 13.1. The summed E-state index contributed by atoms with van der Waals surface area (Å²) in [6.45, 7) is 4.19. The lowest BCUT2D eigenvalue weighted by atomic mass is 9.72. The van der Waals surface area contributed by atoms with Crippen LogP contribution in [0.3, 0.4) is 0 Å². The van der Waals surface area contributed by atoms with E-state index in [1.807, 2.05) is 11.6 Å². The van der Waals surface area contributed by atoms with Gasteiger partial charge in [0.2, 0.25) is 0 Å². The highest BCUT2D eigenvalue weighted by molar-refractivity contribution is 7.09. The van der Waals surface area contributed by atoms with Gasteiger partial charge in [-0.05, 0) is 37.5 Å². The molecule has 2 aromatic rings. The van der Waals surface area contributed by atoms with Crippen molar-refractivity contribution in [2.75, 3.05) is 13.1 Å². The van der Waals surface area contributed by atoms with Gasteiger partial charge in [0, 0.05) is 28.4 Å². The molecule has 0 atom stereocenters. The maximum absolute atomic E-state index is 6.13. The predicted octanol–water partition coefficient (Wildman–Crippen LogP) is 3.58. The normalized spacial score (nSPS) is 17.2. The molecule has 1 aliphatic rings. The Labute approximate surface area is 122 Å². The average molecular weight is 293 g/mol. The fourth-order valence-corrected chi connectivity index (χ4v) is 3.66. The van der Waals surface area contributed by atoms with Gasteiger partial charge in [0.1, 0.15) is 0 Å². The smallest absolute Gasteiger partial charge is 0.0797 e. The van der Waals surface area contributed by atoms with E-state index < -0.39 is 0 Å². The van der Waals surface area contributed by atoms with Crippen molar-refractivity contribution < 1.29 is 0 Å². The van der Waals surface area contributed by atoms with Crippen LogP contribution in [0.4, 0.5) is 0 Å². The number of aromatic nitrogens is 1. The molecule has 0 spiro atoms. The van der Waals surface area contributed by atoms with Gasteiger partial charge in [-0.3, -0.25) is 0 Å². The first-order valence-corrected chi connectivity index (χ1v) is 7.81. The van der Waals surface area contributed by atoms with Gasteiger partial charge in [0.25, 0.3) is 0 Å². The molecule has 4 heteroatoms. The molecule has 100 valence electrons. The number of rotatable bonds is 4. The molecule has 1 aliphatic heterocycles. The molecule has 0 amide bonds. The SMILES string of the molecule is Cc1ncsc1CCC1(c2cccc(Cl)c2)CNC1. The number of nitrogens with one attached hydrogen (secondary N) is 1. The molecule has 0 unspecified atom stereocenters. The van der Waals surface area contributed by atoms with E-state index in [4.69, 9.17) is 11.6 Å². The zero-order chi connectivity index (χ0) is 13.3. The van der Waals surface area contributed by atoms with Gasteiger partial charge in [-0.25, -0.2) is 4.98 Å². The van der Waals surface area contributed by atoms with Crippen LogP contribution >= 0.6 is 22.9 Å². The van der Waals surface area contributed by atoms with Crippen LogP contribution in [-0.2, 0) is 11.8 Å². The summed E-state index contributed by atoms with van der Waals surface area (Å²) in [5, 5.41) is 4.24. The maximum atomic E-state index is 6.13. The van der Waals surface area contributed by atoms with Crippen LogP contribution in [-0.4, -0.2) is 18.1 Å². The zero-order valence-electron chi connectivity index (χ0n) is 10.9. The van der Waals surface area contributed by atoms with E-state index in [-0.39, 0.29) is 5.41 Å². The van der Waals surface area contributed by atoms with E-state index in [2.05, 4.69) is 35.4 Å². The quantitative estimate of drug-likeness (QED) is 0.932. The van der Waals surface area contributed by atoms with E-state index in [1.54, 1.807) is 11.3 Å². The third-order valence-electron chi connectivity index (χ3n) is 4.04. The van der Waals surface area contributed by atoms with Gasteiger partial charge in [0.15, 0.2) is 0 Å². The van der Waals surface area contributed by atoms with E-state index in [0.29, 0.717) is 0 Å². The molecule has 0 bridgehead atoms. The first-order chi connectivity index (χ1) is 9.20. The van der Waals surface area contributed by atoms with Gasteiger partial charge in [-0.1, -0.05) is 23.7 Å². The molecular formula is C15H17ClN2S. The Kier molecular flexibility index (Phi) is 3.61. The highest BCUT2D eigenvalue weighted by atomic mass is 35.5. The van der Waals surface area contributed by atoms with Gasteiger partial charge in [0.05, 0.1) is 11.2 Å². The van der Waals surface area contributed by atoms with Crippen molar-refractivity contribution in [1.82, 2.24) is 10.3 Å². The maximum Gasteiger partial charge on any atom is 0.0797 e. The van der Waals surface area contributed by atoms with Gasteiger partial charge < -0.3 is 5.32 Å². The van der Waals surface area contributed by atoms with Crippen molar-refractivity contribution >= 4 is 22.9 Å². The zero-order valence-corrected chi connectivity index (χ0v) is 12.5. The van der Waals surface area contributed by atoms with Gasteiger partial charge >= 0.3 is 0 Å². The lowest BCUT2D eigenvalue weighted by molar-refractivity contribution is 0.258. The fourth-order valence-electron chi connectivity index (χ4n) is 2.69. The molecule has 1 fully saturated rings. The summed E-state index contributed by atoms with van der Waals surface area (Å²) in [4.78, 5) is 5.74. The average Bonchev–Trinajstić information content (AvgIpc) is 2.74. The standard InChI is InChI=1S/C15H17ClN2S/c1-11-14(19-10-18-11)5-6-15(8-17-9-15)12-3-2-4-13(16)7-12/h2-4,7,10,17H,5-6,8-9H2,1H3. The van der Waals surface area contributed by atoms with Gasteiger partial charge in [-0.2, -0.15) is 0 Å². The Morgan fingerprint density at radius 2 is 2.26 bits per heavy atom. The Balaban J connectivity index is 1.78. The van der Waals surface area contributed by atoms with Gasteiger partial charge in [-0.15, -0.1) is 11.3 Å². The van der Waals surface area contributed by atoms with Crippen molar-refractivity contribution in [3.05, 3.63) is 50.9 Å². The Hall–Kier alpha value is -0.900. The van der Waals surface area contributed by atoms with Crippen LogP contribution < -0.4 is 5.32 Å². The largest absolute Gasteiger partial charge is 0.315 e. The van der Waals surface area contributed by atoms with E-state index in [1.165, 1.54) is 16.1 Å². The third kappa shape index (κ3) is 2.55. The Morgan fingerprint density at radius 3 is 2.84 bits per heavy atom. The molecule has 1 saturated heterocycles. The highest BCUT2D eigenvalue weighted by Gasteiger charge is 2.38. The topological polar surface area (TPSA) is 24.9 Å².